The largest absolute Gasteiger partial charge is 0.435 e. The molecule has 0 radical (unpaired) electrons. The number of aromatic nitrogens is 2. The van der Waals surface area contributed by atoms with E-state index in [0.717, 1.165) is 21.7 Å². The lowest BCUT2D eigenvalue weighted by Crippen LogP contribution is -2.01. The summed E-state index contributed by atoms with van der Waals surface area (Å²) in [4.78, 5) is 12.1. The van der Waals surface area contributed by atoms with E-state index in [1.165, 1.54) is 30.0 Å². The van der Waals surface area contributed by atoms with Crippen LogP contribution in [0.5, 0.6) is 5.75 Å². The molecule has 5 rings (SSSR count). The first-order valence-corrected chi connectivity index (χ1v) is 10.5. The minimum atomic E-state index is -2.89. The number of ether oxygens (including phenoxy) is 1. The van der Waals surface area contributed by atoms with E-state index in [0.29, 0.717) is 22.1 Å². The Balaban J connectivity index is 1.40. The van der Waals surface area contributed by atoms with Crippen LogP contribution >= 0.6 is 11.8 Å². The maximum absolute atomic E-state index is 12.3. The fourth-order valence-corrected chi connectivity index (χ4v) is 4.18. The predicted molar refractivity (Wildman–Crippen MR) is 116 cm³/mol. The van der Waals surface area contributed by atoms with Crippen molar-refractivity contribution in [2.45, 2.75) is 17.6 Å². The molecule has 0 unspecified atom stereocenters. The second-order valence-corrected chi connectivity index (χ2v) is 7.74. The highest BCUT2D eigenvalue weighted by molar-refractivity contribution is 7.98. The van der Waals surface area contributed by atoms with Crippen molar-refractivity contribution in [1.29, 1.82) is 0 Å². The van der Waals surface area contributed by atoms with Gasteiger partial charge in [0.05, 0.1) is 0 Å². The van der Waals surface area contributed by atoms with Crippen molar-refractivity contribution in [3.05, 3.63) is 82.7 Å². The second-order valence-electron chi connectivity index (χ2n) is 6.82. The zero-order chi connectivity index (χ0) is 22.1. The molecule has 0 atom stereocenters. The van der Waals surface area contributed by atoms with Gasteiger partial charge in [0.1, 0.15) is 11.3 Å². The predicted octanol–water partition coefficient (Wildman–Crippen LogP) is 5.89. The summed E-state index contributed by atoms with van der Waals surface area (Å²) in [5.74, 6) is 0.706. The van der Waals surface area contributed by atoms with Gasteiger partial charge in [0.15, 0.2) is 0 Å². The number of thioether (sulfide) groups is 1. The van der Waals surface area contributed by atoms with Crippen LogP contribution in [0.25, 0.3) is 33.2 Å². The highest BCUT2D eigenvalue weighted by Crippen LogP contribution is 2.32. The Morgan fingerprint density at radius 3 is 2.59 bits per heavy atom. The molecular weight excluding hydrogens is 438 g/mol. The minimum absolute atomic E-state index is 0.0416. The Morgan fingerprint density at radius 1 is 0.969 bits per heavy atom. The molecule has 0 fully saturated rings. The molecule has 0 bridgehead atoms. The molecule has 32 heavy (non-hydrogen) atoms. The lowest BCUT2D eigenvalue weighted by atomic mass is 10.0. The third-order valence-corrected chi connectivity index (χ3v) is 5.67. The van der Waals surface area contributed by atoms with Crippen LogP contribution in [0, 0.1) is 0 Å². The number of fused-ring (bicyclic) bond motifs is 3. The monoisotopic (exact) mass is 452 g/mol. The van der Waals surface area contributed by atoms with Crippen molar-refractivity contribution >= 4 is 33.5 Å². The Bertz CT molecular complexity index is 1460. The van der Waals surface area contributed by atoms with E-state index in [1.54, 1.807) is 18.2 Å². The zero-order valence-electron chi connectivity index (χ0n) is 16.3. The van der Waals surface area contributed by atoms with E-state index in [1.807, 2.05) is 30.3 Å². The molecule has 3 aromatic carbocycles. The van der Waals surface area contributed by atoms with Gasteiger partial charge in [0.25, 0.3) is 5.22 Å². The Morgan fingerprint density at radius 2 is 1.78 bits per heavy atom. The van der Waals surface area contributed by atoms with Gasteiger partial charge in [-0.25, -0.2) is 4.79 Å². The highest BCUT2D eigenvalue weighted by Gasteiger charge is 2.14. The molecular formula is C23H14F2N2O4S. The van der Waals surface area contributed by atoms with Crippen LogP contribution in [0.15, 0.2) is 85.6 Å². The maximum Gasteiger partial charge on any atom is 0.387 e. The quantitative estimate of drug-likeness (QED) is 0.181. The van der Waals surface area contributed by atoms with Crippen LogP contribution < -0.4 is 10.4 Å². The number of alkyl halides is 2. The molecule has 0 aliphatic carbocycles. The number of hydrogen-bond donors (Lipinski definition) is 0. The average molecular weight is 452 g/mol. The lowest BCUT2D eigenvalue weighted by molar-refractivity contribution is -0.0498. The molecule has 0 N–H and O–H groups in total. The Kier molecular flexibility index (Phi) is 5.32. The summed E-state index contributed by atoms with van der Waals surface area (Å²) in [6.45, 7) is -2.89. The average Bonchev–Trinajstić information content (AvgIpc) is 3.26. The van der Waals surface area contributed by atoms with Gasteiger partial charge in [0, 0.05) is 22.8 Å². The second kappa shape index (κ2) is 8.43. The van der Waals surface area contributed by atoms with Gasteiger partial charge in [-0.3, -0.25) is 0 Å². The van der Waals surface area contributed by atoms with E-state index in [9.17, 15) is 13.6 Å². The van der Waals surface area contributed by atoms with E-state index < -0.39 is 12.2 Å². The van der Waals surface area contributed by atoms with Gasteiger partial charge in [-0.15, -0.1) is 10.2 Å². The zero-order valence-corrected chi connectivity index (χ0v) is 17.1. The highest BCUT2D eigenvalue weighted by atomic mass is 32.2. The van der Waals surface area contributed by atoms with Gasteiger partial charge in [-0.2, -0.15) is 8.78 Å². The van der Waals surface area contributed by atoms with Gasteiger partial charge in [-0.1, -0.05) is 42.1 Å². The third kappa shape index (κ3) is 4.06. The van der Waals surface area contributed by atoms with Crippen molar-refractivity contribution in [2.24, 2.45) is 0 Å². The fourth-order valence-electron chi connectivity index (χ4n) is 3.44. The number of rotatable bonds is 6. The fraction of sp³-hybridized carbons (Fsp3) is 0.0870. The first-order chi connectivity index (χ1) is 15.6. The lowest BCUT2D eigenvalue weighted by Gasteiger charge is -2.07. The minimum Gasteiger partial charge on any atom is -0.435 e. The molecule has 6 nitrogen and oxygen atoms in total. The summed E-state index contributed by atoms with van der Waals surface area (Å²) in [7, 11) is 0. The van der Waals surface area contributed by atoms with Crippen molar-refractivity contribution in [2.75, 3.05) is 0 Å². The van der Waals surface area contributed by atoms with Crippen LogP contribution in [0.4, 0.5) is 8.78 Å². The number of hydrogen-bond acceptors (Lipinski definition) is 7. The van der Waals surface area contributed by atoms with Crippen molar-refractivity contribution < 1.29 is 22.4 Å². The molecule has 160 valence electrons. The van der Waals surface area contributed by atoms with E-state index in [4.69, 9.17) is 8.83 Å². The molecule has 0 aliphatic rings. The van der Waals surface area contributed by atoms with Crippen LogP contribution in [0.3, 0.4) is 0 Å². The normalized spacial score (nSPS) is 11.5. The third-order valence-electron chi connectivity index (χ3n) is 4.80. The molecule has 9 heteroatoms. The van der Waals surface area contributed by atoms with Gasteiger partial charge >= 0.3 is 12.2 Å². The summed E-state index contributed by atoms with van der Waals surface area (Å²) >= 11 is 1.29. The topological polar surface area (TPSA) is 78.4 Å². The van der Waals surface area contributed by atoms with Gasteiger partial charge in [0.2, 0.25) is 5.89 Å². The van der Waals surface area contributed by atoms with E-state index in [-0.39, 0.29) is 11.6 Å². The molecule has 0 amide bonds. The number of benzene rings is 3. The summed E-state index contributed by atoms with van der Waals surface area (Å²) in [5, 5.41) is 11.3. The number of halogens is 2. The van der Waals surface area contributed by atoms with Crippen LogP contribution in [0.2, 0.25) is 0 Å². The van der Waals surface area contributed by atoms with Crippen molar-refractivity contribution in [3.8, 4) is 17.2 Å². The Hall–Kier alpha value is -3.72. The molecule has 0 saturated carbocycles. The first kappa shape index (κ1) is 20.2. The summed E-state index contributed by atoms with van der Waals surface area (Å²) in [6.07, 6.45) is 0. The molecule has 0 aliphatic heterocycles. The van der Waals surface area contributed by atoms with Crippen molar-refractivity contribution in [1.82, 2.24) is 10.2 Å². The van der Waals surface area contributed by atoms with E-state index >= 15 is 0 Å². The SMILES string of the molecule is O=c1cc(CSc2nnc(-c3ccc(OC(F)F)cc3)o2)c2c(ccc3ccccc32)o1. The first-order valence-electron chi connectivity index (χ1n) is 9.53. The van der Waals surface area contributed by atoms with Gasteiger partial charge < -0.3 is 13.6 Å². The molecule has 2 heterocycles. The van der Waals surface area contributed by atoms with Crippen LogP contribution in [-0.2, 0) is 5.75 Å². The summed E-state index contributed by atoms with van der Waals surface area (Å²) in [6, 6.07) is 19.0. The summed E-state index contributed by atoms with van der Waals surface area (Å²) < 4.78 is 40.0. The molecule has 0 spiro atoms. The van der Waals surface area contributed by atoms with Crippen molar-refractivity contribution in [3.63, 3.8) is 0 Å². The standard InChI is InChI=1S/C23H14F2N2O4S/c24-22(25)29-16-8-5-14(6-9-16)21-26-27-23(31-21)32-12-15-11-19(28)30-18-10-7-13-3-1-2-4-17(13)20(15)18/h1-11,22H,12H2. The molecule has 0 saturated heterocycles. The van der Waals surface area contributed by atoms with Crippen LogP contribution in [-0.4, -0.2) is 16.8 Å². The van der Waals surface area contributed by atoms with E-state index in [2.05, 4.69) is 14.9 Å². The molecule has 2 aromatic heterocycles. The summed E-state index contributed by atoms with van der Waals surface area (Å²) in [5.41, 5.74) is 1.46. The van der Waals surface area contributed by atoms with Crippen LogP contribution in [0.1, 0.15) is 5.56 Å². The maximum atomic E-state index is 12.3. The van der Waals surface area contributed by atoms with Gasteiger partial charge in [-0.05, 0) is 46.7 Å². The molecule has 5 aromatic rings. The number of nitrogens with zero attached hydrogens (tertiary/aromatic N) is 2. The smallest absolute Gasteiger partial charge is 0.387 e. The Labute approximate surface area is 183 Å².